The summed E-state index contributed by atoms with van der Waals surface area (Å²) in [6.07, 6.45) is 1.66. The maximum atomic E-state index is 13.2. The van der Waals surface area contributed by atoms with Crippen LogP contribution in [0, 0.1) is 20.8 Å². The zero-order valence-electron chi connectivity index (χ0n) is 20.1. The van der Waals surface area contributed by atoms with Crippen LogP contribution in [-0.4, -0.2) is 33.1 Å². The summed E-state index contributed by atoms with van der Waals surface area (Å²) in [6.45, 7) is 9.82. The molecule has 0 aliphatic heterocycles. The van der Waals surface area contributed by atoms with Crippen molar-refractivity contribution in [2.45, 2.75) is 40.7 Å². The van der Waals surface area contributed by atoms with Crippen LogP contribution in [0.2, 0.25) is 0 Å². The molecule has 0 spiro atoms. The molecule has 2 amide bonds. The number of aryl methyl sites for hydroxylation is 3. The number of fused-ring (bicyclic) bond motifs is 1. The van der Waals surface area contributed by atoms with Crippen LogP contribution < -0.4 is 10.6 Å². The average molecular weight is 456 g/mol. The second-order valence-corrected chi connectivity index (χ2v) is 8.85. The molecule has 0 atom stereocenters. The van der Waals surface area contributed by atoms with Crippen molar-refractivity contribution in [1.29, 1.82) is 0 Å². The van der Waals surface area contributed by atoms with Crippen LogP contribution in [0.25, 0.3) is 22.3 Å². The molecule has 0 bridgehead atoms. The van der Waals surface area contributed by atoms with Crippen molar-refractivity contribution in [3.8, 4) is 11.3 Å². The standard InChI is InChI=1S/C27H29N5O2/c1-16(2)32-26-22(14-29-32)21(13-23(30-26)20-9-7-6-8-10-20)27(34)28-15-24(33)31-25-18(4)11-17(3)12-19(25)5/h6-14,16H,15H2,1-5H3,(H,28,34)(H,31,33). The third-order valence-electron chi connectivity index (χ3n) is 5.72. The molecule has 174 valence electrons. The molecule has 2 heterocycles. The van der Waals surface area contributed by atoms with Crippen molar-refractivity contribution >= 4 is 28.5 Å². The zero-order valence-corrected chi connectivity index (χ0v) is 20.1. The number of carbonyl (C=O) groups excluding carboxylic acids is 2. The predicted molar refractivity (Wildman–Crippen MR) is 135 cm³/mol. The molecular formula is C27H29N5O2. The van der Waals surface area contributed by atoms with Gasteiger partial charge in [-0.05, 0) is 51.8 Å². The summed E-state index contributed by atoms with van der Waals surface area (Å²) in [7, 11) is 0. The Balaban J connectivity index is 1.60. The fourth-order valence-corrected chi connectivity index (χ4v) is 4.16. The molecule has 7 heteroatoms. The van der Waals surface area contributed by atoms with Gasteiger partial charge in [-0.1, -0.05) is 48.0 Å². The SMILES string of the molecule is Cc1cc(C)c(NC(=O)CNC(=O)c2cc(-c3ccccc3)nc3c2cnn3C(C)C)c(C)c1. The fraction of sp³-hybridized carbons (Fsp3) is 0.259. The summed E-state index contributed by atoms with van der Waals surface area (Å²) in [5.74, 6) is -0.629. The largest absolute Gasteiger partial charge is 0.343 e. The minimum Gasteiger partial charge on any atom is -0.343 e. The van der Waals surface area contributed by atoms with Gasteiger partial charge in [0.15, 0.2) is 5.65 Å². The highest BCUT2D eigenvalue weighted by Gasteiger charge is 2.19. The second-order valence-electron chi connectivity index (χ2n) is 8.85. The number of hydrogen-bond acceptors (Lipinski definition) is 4. The summed E-state index contributed by atoms with van der Waals surface area (Å²) >= 11 is 0. The van der Waals surface area contributed by atoms with E-state index in [0.717, 1.165) is 27.9 Å². The number of hydrogen-bond donors (Lipinski definition) is 2. The van der Waals surface area contributed by atoms with E-state index in [0.29, 0.717) is 22.3 Å². The highest BCUT2D eigenvalue weighted by atomic mass is 16.2. The van der Waals surface area contributed by atoms with Gasteiger partial charge in [0, 0.05) is 17.3 Å². The first-order chi connectivity index (χ1) is 16.2. The Labute approximate surface area is 199 Å². The average Bonchev–Trinajstić information content (AvgIpc) is 3.24. The van der Waals surface area contributed by atoms with Gasteiger partial charge in [0.2, 0.25) is 5.91 Å². The van der Waals surface area contributed by atoms with Crippen LogP contribution in [-0.2, 0) is 4.79 Å². The molecule has 0 aliphatic rings. The molecule has 34 heavy (non-hydrogen) atoms. The van der Waals surface area contributed by atoms with Crippen molar-refractivity contribution in [1.82, 2.24) is 20.1 Å². The Bertz CT molecular complexity index is 1350. The molecule has 4 aromatic rings. The van der Waals surface area contributed by atoms with E-state index in [1.165, 1.54) is 0 Å². The number of anilines is 1. The normalized spacial score (nSPS) is 11.1. The lowest BCUT2D eigenvalue weighted by molar-refractivity contribution is -0.115. The Hall–Kier alpha value is -4.00. The number of aromatic nitrogens is 3. The maximum Gasteiger partial charge on any atom is 0.252 e. The summed E-state index contributed by atoms with van der Waals surface area (Å²) in [5, 5.41) is 10.8. The summed E-state index contributed by atoms with van der Waals surface area (Å²) in [5.41, 5.74) is 6.54. The summed E-state index contributed by atoms with van der Waals surface area (Å²) in [4.78, 5) is 30.6. The predicted octanol–water partition coefficient (Wildman–Crippen LogP) is 4.97. The number of amides is 2. The number of pyridine rings is 1. The second kappa shape index (κ2) is 9.47. The van der Waals surface area contributed by atoms with Crippen LogP contribution >= 0.6 is 0 Å². The van der Waals surface area contributed by atoms with Gasteiger partial charge in [0.25, 0.3) is 5.91 Å². The Kier molecular flexibility index (Phi) is 6.45. The van der Waals surface area contributed by atoms with Crippen LogP contribution in [0.1, 0.15) is 46.9 Å². The molecule has 2 aromatic carbocycles. The first kappa shape index (κ1) is 23.2. The smallest absolute Gasteiger partial charge is 0.252 e. The number of nitrogens with zero attached hydrogens (tertiary/aromatic N) is 3. The van der Waals surface area contributed by atoms with Crippen LogP contribution in [0.15, 0.2) is 54.7 Å². The third-order valence-corrected chi connectivity index (χ3v) is 5.72. The molecule has 7 nitrogen and oxygen atoms in total. The van der Waals surface area contributed by atoms with Gasteiger partial charge in [0.1, 0.15) is 0 Å². The lowest BCUT2D eigenvalue weighted by Crippen LogP contribution is -2.33. The van der Waals surface area contributed by atoms with Gasteiger partial charge in [-0.3, -0.25) is 9.59 Å². The quantitative estimate of drug-likeness (QED) is 0.429. The lowest BCUT2D eigenvalue weighted by Gasteiger charge is -2.14. The molecule has 0 saturated carbocycles. The van der Waals surface area contributed by atoms with Crippen molar-refractivity contribution in [2.75, 3.05) is 11.9 Å². The Morgan fingerprint density at radius 1 is 1.00 bits per heavy atom. The van der Waals surface area contributed by atoms with E-state index in [-0.39, 0.29) is 24.4 Å². The molecule has 2 aromatic heterocycles. The van der Waals surface area contributed by atoms with E-state index in [2.05, 4.69) is 15.7 Å². The van der Waals surface area contributed by atoms with Crippen molar-refractivity contribution in [3.63, 3.8) is 0 Å². The number of benzene rings is 2. The third kappa shape index (κ3) is 4.69. The monoisotopic (exact) mass is 455 g/mol. The molecule has 0 unspecified atom stereocenters. The molecule has 4 rings (SSSR count). The molecule has 0 aliphatic carbocycles. The van der Waals surface area contributed by atoms with E-state index in [9.17, 15) is 9.59 Å². The molecule has 0 fully saturated rings. The highest BCUT2D eigenvalue weighted by molar-refractivity contribution is 6.08. The Morgan fingerprint density at radius 3 is 2.32 bits per heavy atom. The van der Waals surface area contributed by atoms with Crippen molar-refractivity contribution in [2.24, 2.45) is 0 Å². The number of rotatable bonds is 6. The van der Waals surface area contributed by atoms with Gasteiger partial charge in [-0.15, -0.1) is 0 Å². The topological polar surface area (TPSA) is 88.9 Å². The van der Waals surface area contributed by atoms with E-state index < -0.39 is 0 Å². The number of carbonyl (C=O) groups is 2. The number of nitrogens with one attached hydrogen (secondary N) is 2. The highest BCUT2D eigenvalue weighted by Crippen LogP contribution is 2.26. The summed E-state index contributed by atoms with van der Waals surface area (Å²) in [6, 6.07) is 15.6. The Morgan fingerprint density at radius 2 is 1.68 bits per heavy atom. The van der Waals surface area contributed by atoms with E-state index >= 15 is 0 Å². The van der Waals surface area contributed by atoms with Gasteiger partial charge in [-0.2, -0.15) is 5.10 Å². The molecule has 0 saturated heterocycles. The van der Waals surface area contributed by atoms with Crippen LogP contribution in [0.5, 0.6) is 0 Å². The maximum absolute atomic E-state index is 13.2. The van der Waals surface area contributed by atoms with Crippen LogP contribution in [0.4, 0.5) is 5.69 Å². The van der Waals surface area contributed by atoms with Crippen molar-refractivity contribution in [3.05, 3.63) is 77.0 Å². The minimum atomic E-state index is -0.347. The van der Waals surface area contributed by atoms with E-state index in [4.69, 9.17) is 4.98 Å². The lowest BCUT2D eigenvalue weighted by atomic mass is 10.1. The van der Waals surface area contributed by atoms with E-state index in [1.54, 1.807) is 16.9 Å². The molecule has 2 N–H and O–H groups in total. The van der Waals surface area contributed by atoms with E-state index in [1.807, 2.05) is 77.1 Å². The molecule has 0 radical (unpaired) electrons. The minimum absolute atomic E-state index is 0.0821. The van der Waals surface area contributed by atoms with Crippen molar-refractivity contribution < 1.29 is 9.59 Å². The van der Waals surface area contributed by atoms with Gasteiger partial charge < -0.3 is 10.6 Å². The first-order valence-electron chi connectivity index (χ1n) is 11.3. The van der Waals surface area contributed by atoms with Gasteiger partial charge in [0.05, 0.1) is 29.4 Å². The zero-order chi connectivity index (χ0) is 24.4. The first-order valence-corrected chi connectivity index (χ1v) is 11.3. The summed E-state index contributed by atoms with van der Waals surface area (Å²) < 4.78 is 1.80. The molecular weight excluding hydrogens is 426 g/mol. The van der Waals surface area contributed by atoms with Gasteiger partial charge >= 0.3 is 0 Å². The van der Waals surface area contributed by atoms with Crippen LogP contribution in [0.3, 0.4) is 0 Å². The fourth-order valence-electron chi connectivity index (χ4n) is 4.16. The van der Waals surface area contributed by atoms with Gasteiger partial charge in [-0.25, -0.2) is 9.67 Å².